The number of hydrogen-bond acceptors (Lipinski definition) is 3. The van der Waals surface area contributed by atoms with Crippen LogP contribution in [0.3, 0.4) is 0 Å². The first-order chi connectivity index (χ1) is 12.4. The Morgan fingerprint density at radius 3 is 2.50 bits per heavy atom. The smallest absolute Gasteiger partial charge is 0.276 e. The number of amides is 1. The Labute approximate surface area is 150 Å². The van der Waals surface area contributed by atoms with Crippen molar-refractivity contribution >= 4 is 17.4 Å². The Hall–Kier alpha value is -3.28. The molecule has 1 heterocycles. The fourth-order valence-corrected chi connectivity index (χ4v) is 2.61. The molecule has 5 nitrogen and oxygen atoms in total. The van der Waals surface area contributed by atoms with E-state index in [0.29, 0.717) is 16.9 Å². The van der Waals surface area contributed by atoms with Crippen molar-refractivity contribution < 1.29 is 14.0 Å². The van der Waals surface area contributed by atoms with E-state index >= 15 is 0 Å². The molecule has 0 spiro atoms. The van der Waals surface area contributed by atoms with E-state index in [0.717, 1.165) is 5.56 Å². The molecule has 1 amide bonds. The highest BCUT2D eigenvalue weighted by atomic mass is 19.1. The van der Waals surface area contributed by atoms with E-state index in [1.165, 1.54) is 17.7 Å². The summed E-state index contributed by atoms with van der Waals surface area (Å²) >= 11 is 0. The summed E-state index contributed by atoms with van der Waals surface area (Å²) in [6, 6.07) is 12.9. The van der Waals surface area contributed by atoms with Crippen molar-refractivity contribution in [1.82, 2.24) is 9.78 Å². The standard InChI is InChI=1S/C20H18FN3O2/c1-12-8-9-15(14(3)25)11-17(12)22-20(26)18-10-13(2)24(23-18)19-7-5-4-6-16(19)21/h4-11H,1-3H3,(H,22,26). The molecule has 26 heavy (non-hydrogen) atoms. The van der Waals surface area contributed by atoms with E-state index in [4.69, 9.17) is 0 Å². The van der Waals surface area contributed by atoms with Crippen molar-refractivity contribution in [2.75, 3.05) is 5.32 Å². The highest BCUT2D eigenvalue weighted by Crippen LogP contribution is 2.20. The summed E-state index contributed by atoms with van der Waals surface area (Å²) in [5.74, 6) is -0.928. The van der Waals surface area contributed by atoms with Gasteiger partial charge in [-0.1, -0.05) is 24.3 Å². The number of benzene rings is 2. The van der Waals surface area contributed by atoms with Crippen LogP contribution in [0.1, 0.15) is 39.0 Å². The van der Waals surface area contributed by atoms with Gasteiger partial charge < -0.3 is 5.32 Å². The average Bonchev–Trinajstić information content (AvgIpc) is 2.99. The van der Waals surface area contributed by atoms with Gasteiger partial charge in [0.15, 0.2) is 11.5 Å². The van der Waals surface area contributed by atoms with Gasteiger partial charge in [0.2, 0.25) is 0 Å². The molecule has 2 aromatic carbocycles. The molecule has 0 aliphatic heterocycles. The maximum absolute atomic E-state index is 14.0. The van der Waals surface area contributed by atoms with Crippen LogP contribution in [0.2, 0.25) is 0 Å². The second-order valence-electron chi connectivity index (χ2n) is 6.07. The Morgan fingerprint density at radius 1 is 1.08 bits per heavy atom. The zero-order chi connectivity index (χ0) is 18.8. The Morgan fingerprint density at radius 2 is 1.81 bits per heavy atom. The molecule has 3 aromatic rings. The lowest BCUT2D eigenvalue weighted by molar-refractivity contribution is 0.100. The fraction of sp³-hybridized carbons (Fsp3) is 0.150. The first-order valence-electron chi connectivity index (χ1n) is 8.11. The van der Waals surface area contributed by atoms with Crippen molar-refractivity contribution in [3.05, 3.63) is 76.9 Å². The highest BCUT2D eigenvalue weighted by Gasteiger charge is 2.16. The number of nitrogens with one attached hydrogen (secondary N) is 1. The minimum atomic E-state index is -0.424. The lowest BCUT2D eigenvalue weighted by atomic mass is 10.1. The van der Waals surface area contributed by atoms with Crippen LogP contribution >= 0.6 is 0 Å². The third-order valence-corrected chi connectivity index (χ3v) is 4.09. The van der Waals surface area contributed by atoms with Crippen LogP contribution < -0.4 is 5.32 Å². The number of aromatic nitrogens is 2. The molecule has 0 aliphatic carbocycles. The largest absolute Gasteiger partial charge is 0.320 e. The number of Topliss-reactive ketones (excluding diaryl/α,β-unsaturated/α-hetero) is 1. The number of carbonyl (C=O) groups excluding carboxylic acids is 2. The first-order valence-corrected chi connectivity index (χ1v) is 8.11. The van der Waals surface area contributed by atoms with Gasteiger partial charge in [-0.15, -0.1) is 0 Å². The number of para-hydroxylation sites is 1. The second kappa shape index (κ2) is 6.92. The molecule has 0 fully saturated rings. The summed E-state index contributed by atoms with van der Waals surface area (Å²) in [4.78, 5) is 24.1. The van der Waals surface area contributed by atoms with Gasteiger partial charge in [0.05, 0.1) is 0 Å². The van der Waals surface area contributed by atoms with Crippen molar-refractivity contribution in [3.8, 4) is 5.69 Å². The van der Waals surface area contributed by atoms with Gasteiger partial charge in [0, 0.05) is 16.9 Å². The van der Waals surface area contributed by atoms with E-state index in [-0.39, 0.29) is 17.2 Å². The minimum absolute atomic E-state index is 0.0832. The highest BCUT2D eigenvalue weighted by molar-refractivity contribution is 6.04. The summed E-state index contributed by atoms with van der Waals surface area (Å²) in [6.07, 6.45) is 0. The molecule has 6 heteroatoms. The van der Waals surface area contributed by atoms with E-state index in [1.807, 2.05) is 6.92 Å². The van der Waals surface area contributed by atoms with E-state index < -0.39 is 11.7 Å². The van der Waals surface area contributed by atoms with Crippen molar-refractivity contribution in [3.63, 3.8) is 0 Å². The Kier molecular flexibility index (Phi) is 4.67. The monoisotopic (exact) mass is 351 g/mol. The number of halogens is 1. The molecule has 1 aromatic heterocycles. The zero-order valence-corrected chi connectivity index (χ0v) is 14.7. The third kappa shape index (κ3) is 3.39. The molecule has 0 aliphatic rings. The predicted molar refractivity (Wildman–Crippen MR) is 97.4 cm³/mol. The molecule has 0 radical (unpaired) electrons. The molecule has 0 unspecified atom stereocenters. The molecule has 0 saturated carbocycles. The maximum atomic E-state index is 14.0. The molecule has 0 saturated heterocycles. The van der Waals surface area contributed by atoms with Crippen LogP contribution in [0.4, 0.5) is 10.1 Å². The Balaban J connectivity index is 1.91. The van der Waals surface area contributed by atoms with E-state index in [1.54, 1.807) is 49.4 Å². The third-order valence-electron chi connectivity index (χ3n) is 4.09. The second-order valence-corrected chi connectivity index (χ2v) is 6.07. The zero-order valence-electron chi connectivity index (χ0n) is 14.7. The summed E-state index contributed by atoms with van der Waals surface area (Å²) < 4.78 is 15.4. The molecule has 1 N–H and O–H groups in total. The molecule has 132 valence electrons. The average molecular weight is 351 g/mol. The van der Waals surface area contributed by atoms with Crippen molar-refractivity contribution in [2.45, 2.75) is 20.8 Å². The van der Waals surface area contributed by atoms with Gasteiger partial charge in [-0.05, 0) is 50.6 Å². The number of nitrogens with zero attached hydrogens (tertiary/aromatic N) is 2. The van der Waals surface area contributed by atoms with Gasteiger partial charge in [0.1, 0.15) is 11.5 Å². The summed E-state index contributed by atoms with van der Waals surface area (Å²) in [5.41, 5.74) is 2.96. The van der Waals surface area contributed by atoms with Gasteiger partial charge in [-0.2, -0.15) is 5.10 Å². The number of anilines is 1. The van der Waals surface area contributed by atoms with Gasteiger partial charge >= 0.3 is 0 Å². The first kappa shape index (κ1) is 17.5. The summed E-state index contributed by atoms with van der Waals surface area (Å²) in [5, 5.41) is 6.99. The predicted octanol–water partition coefficient (Wildman–Crippen LogP) is 4.08. The fourth-order valence-electron chi connectivity index (χ4n) is 2.61. The lowest BCUT2D eigenvalue weighted by Gasteiger charge is -2.08. The van der Waals surface area contributed by atoms with Crippen molar-refractivity contribution in [2.24, 2.45) is 0 Å². The maximum Gasteiger partial charge on any atom is 0.276 e. The Bertz CT molecular complexity index is 1010. The SMILES string of the molecule is CC(=O)c1ccc(C)c(NC(=O)c2cc(C)n(-c3ccccc3F)n2)c1. The van der Waals surface area contributed by atoms with E-state index in [9.17, 15) is 14.0 Å². The molecular formula is C20H18FN3O2. The number of aryl methyl sites for hydroxylation is 2. The summed E-state index contributed by atoms with van der Waals surface area (Å²) in [6.45, 7) is 5.05. The quantitative estimate of drug-likeness (QED) is 0.720. The van der Waals surface area contributed by atoms with Crippen molar-refractivity contribution in [1.29, 1.82) is 0 Å². The van der Waals surface area contributed by atoms with Crippen LogP contribution in [-0.2, 0) is 0 Å². The van der Waals surface area contributed by atoms with Gasteiger partial charge in [0.25, 0.3) is 5.91 Å². The van der Waals surface area contributed by atoms with Gasteiger partial charge in [-0.25, -0.2) is 9.07 Å². The van der Waals surface area contributed by atoms with Crippen LogP contribution in [0.25, 0.3) is 5.69 Å². The molecule has 0 atom stereocenters. The minimum Gasteiger partial charge on any atom is -0.320 e. The lowest BCUT2D eigenvalue weighted by Crippen LogP contribution is -2.14. The normalized spacial score (nSPS) is 10.6. The van der Waals surface area contributed by atoms with Crippen LogP contribution in [0.5, 0.6) is 0 Å². The number of ketones is 1. The molecule has 0 bridgehead atoms. The summed E-state index contributed by atoms with van der Waals surface area (Å²) in [7, 11) is 0. The molecular weight excluding hydrogens is 333 g/mol. The number of hydrogen-bond donors (Lipinski definition) is 1. The number of rotatable bonds is 4. The van der Waals surface area contributed by atoms with Crippen LogP contribution in [0.15, 0.2) is 48.5 Å². The van der Waals surface area contributed by atoms with Crippen LogP contribution in [-0.4, -0.2) is 21.5 Å². The molecule has 3 rings (SSSR count). The topological polar surface area (TPSA) is 64.0 Å². The van der Waals surface area contributed by atoms with E-state index in [2.05, 4.69) is 10.4 Å². The van der Waals surface area contributed by atoms with Crippen LogP contribution in [0, 0.1) is 19.7 Å². The number of carbonyl (C=O) groups is 2. The van der Waals surface area contributed by atoms with Gasteiger partial charge in [-0.3, -0.25) is 9.59 Å².